The molecule has 1 aliphatic rings. The van der Waals surface area contributed by atoms with Crippen molar-refractivity contribution in [3.05, 3.63) is 75.8 Å². The third kappa shape index (κ3) is 4.84. The van der Waals surface area contributed by atoms with E-state index >= 15 is 0 Å². The number of rotatable bonds is 7. The van der Waals surface area contributed by atoms with Gasteiger partial charge in [0.05, 0.1) is 29.0 Å². The summed E-state index contributed by atoms with van der Waals surface area (Å²) < 4.78 is 8.61. The Morgan fingerprint density at radius 2 is 2.08 bits per heavy atom. The topological polar surface area (TPSA) is 135 Å². The van der Waals surface area contributed by atoms with Gasteiger partial charge in [0.25, 0.3) is 5.56 Å². The molecule has 1 atom stereocenters. The molecular weight excluding hydrogens is 476 g/mol. The number of hydrogen-bond donors (Lipinski definition) is 2. The summed E-state index contributed by atoms with van der Waals surface area (Å²) in [5.41, 5.74) is 3.53. The minimum atomic E-state index is -1.00. The van der Waals surface area contributed by atoms with Gasteiger partial charge in [-0.15, -0.1) is 0 Å². The Bertz CT molecular complexity index is 1530. The number of nitrogens with one attached hydrogen (secondary N) is 1. The van der Waals surface area contributed by atoms with E-state index in [1.165, 1.54) is 11.0 Å². The fraction of sp³-hybridized carbons (Fsp3) is 0.346. The molecule has 2 N–H and O–H groups in total. The minimum absolute atomic E-state index is 0.0144. The van der Waals surface area contributed by atoms with Gasteiger partial charge in [0.1, 0.15) is 12.4 Å². The smallest absolute Gasteiger partial charge is 0.412 e. The zero-order valence-electron chi connectivity index (χ0n) is 20.7. The largest absolute Gasteiger partial charge is 0.465 e. The Balaban J connectivity index is 1.49. The number of fused-ring (bicyclic) bond motifs is 3. The van der Waals surface area contributed by atoms with Gasteiger partial charge in [-0.2, -0.15) is 0 Å². The number of amides is 2. The van der Waals surface area contributed by atoms with Crippen LogP contribution in [0.1, 0.15) is 36.2 Å². The number of hydrogen-bond acceptors (Lipinski definition) is 6. The Morgan fingerprint density at radius 3 is 2.81 bits per heavy atom. The highest BCUT2D eigenvalue weighted by molar-refractivity contribution is 5.95. The van der Waals surface area contributed by atoms with Crippen LogP contribution in [0.25, 0.3) is 11.0 Å². The van der Waals surface area contributed by atoms with Gasteiger partial charge < -0.3 is 24.1 Å². The van der Waals surface area contributed by atoms with Gasteiger partial charge in [-0.05, 0) is 44.9 Å². The second kappa shape index (κ2) is 9.92. The summed E-state index contributed by atoms with van der Waals surface area (Å²) >= 11 is 0. The predicted octanol–water partition coefficient (Wildman–Crippen LogP) is 2.87. The summed E-state index contributed by atoms with van der Waals surface area (Å²) in [6.07, 6.45) is 2.49. The third-order valence-corrected chi connectivity index (χ3v) is 6.71. The van der Waals surface area contributed by atoms with Crippen LogP contribution in [0.2, 0.25) is 0 Å². The molecule has 0 saturated heterocycles. The molecule has 37 heavy (non-hydrogen) atoms. The van der Waals surface area contributed by atoms with Crippen LogP contribution in [-0.2, 0) is 37.3 Å². The molecule has 11 nitrogen and oxygen atoms in total. The molecule has 2 amide bonds. The van der Waals surface area contributed by atoms with Crippen molar-refractivity contribution in [2.24, 2.45) is 0 Å². The number of aromatic nitrogens is 4. The minimum Gasteiger partial charge on any atom is -0.465 e. The number of pyridine rings is 1. The number of benzene rings is 1. The van der Waals surface area contributed by atoms with Gasteiger partial charge >= 0.3 is 6.09 Å². The molecule has 192 valence electrons. The van der Waals surface area contributed by atoms with E-state index in [1.54, 1.807) is 35.0 Å². The number of carboxylic acid groups (broad SMARTS) is 1. The zero-order valence-corrected chi connectivity index (χ0v) is 20.7. The van der Waals surface area contributed by atoms with E-state index in [-0.39, 0.29) is 30.6 Å². The van der Waals surface area contributed by atoms with Crippen molar-refractivity contribution in [2.75, 3.05) is 4.90 Å². The molecule has 1 aromatic carbocycles. The lowest BCUT2D eigenvalue weighted by Gasteiger charge is -2.33. The lowest BCUT2D eigenvalue weighted by Crippen LogP contribution is -2.41. The highest BCUT2D eigenvalue weighted by Crippen LogP contribution is 2.36. The molecule has 0 spiro atoms. The van der Waals surface area contributed by atoms with Crippen LogP contribution in [0.3, 0.4) is 0 Å². The Labute approximate surface area is 212 Å². The molecule has 0 fully saturated rings. The number of anilines is 1. The molecule has 0 bridgehead atoms. The Kier molecular flexibility index (Phi) is 6.51. The van der Waals surface area contributed by atoms with Crippen molar-refractivity contribution in [3.63, 3.8) is 0 Å². The standard InChI is InChI=1S/C26H28N6O5/c1-16-13-18(37-29-16)14-27-23(33)15-31-21-9-8-20-19(7-6-17(2)32(20)26(35)36)25(21)28-22(31)10-12-30-11-4-3-5-24(30)34/h3-5,8-9,11,13,17H,6-7,10,12,14-15H2,1-2H3,(H,27,33)(H,35,36)/t17-/m0/s1. The first kappa shape index (κ1) is 24.3. The lowest BCUT2D eigenvalue weighted by atomic mass is 9.96. The zero-order chi connectivity index (χ0) is 26.1. The normalized spacial score (nSPS) is 15.1. The molecule has 0 unspecified atom stereocenters. The van der Waals surface area contributed by atoms with E-state index in [0.717, 1.165) is 16.8 Å². The van der Waals surface area contributed by atoms with E-state index < -0.39 is 6.09 Å². The van der Waals surface area contributed by atoms with Gasteiger partial charge in [-0.25, -0.2) is 9.78 Å². The van der Waals surface area contributed by atoms with E-state index in [0.29, 0.717) is 48.6 Å². The number of imidazole rings is 1. The summed E-state index contributed by atoms with van der Waals surface area (Å²) in [5, 5.41) is 16.5. The first-order valence-electron chi connectivity index (χ1n) is 12.2. The van der Waals surface area contributed by atoms with Crippen LogP contribution >= 0.6 is 0 Å². The van der Waals surface area contributed by atoms with Gasteiger partial charge in [0.2, 0.25) is 5.91 Å². The molecule has 4 heterocycles. The molecule has 1 aliphatic heterocycles. The molecule has 3 aromatic heterocycles. The Hall–Kier alpha value is -4.41. The van der Waals surface area contributed by atoms with Crippen LogP contribution in [-0.4, -0.2) is 42.4 Å². The summed E-state index contributed by atoms with van der Waals surface area (Å²) in [5.74, 6) is 0.970. The van der Waals surface area contributed by atoms with E-state index in [1.807, 2.05) is 24.5 Å². The van der Waals surface area contributed by atoms with Gasteiger partial charge in [-0.3, -0.25) is 14.5 Å². The second-order valence-electron chi connectivity index (χ2n) is 9.28. The van der Waals surface area contributed by atoms with Crippen molar-refractivity contribution in [1.29, 1.82) is 0 Å². The van der Waals surface area contributed by atoms with E-state index in [4.69, 9.17) is 9.51 Å². The number of carbonyl (C=O) groups is 2. The molecule has 11 heteroatoms. The summed E-state index contributed by atoms with van der Waals surface area (Å²) in [6.45, 7) is 4.32. The van der Waals surface area contributed by atoms with Crippen molar-refractivity contribution < 1.29 is 19.2 Å². The van der Waals surface area contributed by atoms with Crippen LogP contribution in [0.4, 0.5) is 10.5 Å². The third-order valence-electron chi connectivity index (χ3n) is 6.71. The first-order valence-corrected chi connectivity index (χ1v) is 12.2. The summed E-state index contributed by atoms with van der Waals surface area (Å²) in [4.78, 5) is 43.4. The van der Waals surface area contributed by atoms with Crippen molar-refractivity contribution in [2.45, 2.75) is 58.8 Å². The predicted molar refractivity (Wildman–Crippen MR) is 136 cm³/mol. The SMILES string of the molecule is Cc1cc(CNC(=O)Cn2c(CCn3ccccc3=O)nc3c4c(ccc32)N(C(=O)O)[C@@H](C)CC4)on1. The first-order chi connectivity index (χ1) is 17.8. The average Bonchev–Trinajstić information content (AvgIpc) is 3.44. The van der Waals surface area contributed by atoms with Crippen LogP contribution < -0.4 is 15.8 Å². The number of nitrogens with zero attached hydrogens (tertiary/aromatic N) is 5. The van der Waals surface area contributed by atoms with Gasteiger partial charge in [-0.1, -0.05) is 11.2 Å². The van der Waals surface area contributed by atoms with Crippen molar-refractivity contribution in [3.8, 4) is 0 Å². The molecular formula is C26H28N6O5. The molecule has 0 saturated carbocycles. The Morgan fingerprint density at radius 1 is 1.24 bits per heavy atom. The highest BCUT2D eigenvalue weighted by Gasteiger charge is 2.30. The summed E-state index contributed by atoms with van der Waals surface area (Å²) in [7, 11) is 0. The second-order valence-corrected chi connectivity index (χ2v) is 9.28. The van der Waals surface area contributed by atoms with E-state index in [9.17, 15) is 19.5 Å². The van der Waals surface area contributed by atoms with Gasteiger partial charge in [0.15, 0.2) is 5.76 Å². The fourth-order valence-corrected chi connectivity index (χ4v) is 4.89. The maximum Gasteiger partial charge on any atom is 0.412 e. The van der Waals surface area contributed by atoms with Crippen LogP contribution in [0, 0.1) is 6.92 Å². The fourth-order valence-electron chi connectivity index (χ4n) is 4.89. The van der Waals surface area contributed by atoms with Gasteiger partial charge in [0, 0.05) is 42.9 Å². The van der Waals surface area contributed by atoms with Crippen molar-refractivity contribution >= 4 is 28.7 Å². The van der Waals surface area contributed by atoms with Crippen molar-refractivity contribution in [1.82, 2.24) is 24.6 Å². The monoisotopic (exact) mass is 504 g/mol. The molecule has 0 radical (unpaired) electrons. The highest BCUT2D eigenvalue weighted by atomic mass is 16.5. The molecule has 5 rings (SSSR count). The molecule has 4 aromatic rings. The number of aryl methyl sites for hydroxylation is 4. The molecule has 0 aliphatic carbocycles. The lowest BCUT2D eigenvalue weighted by molar-refractivity contribution is -0.121. The van der Waals surface area contributed by atoms with Crippen LogP contribution in [0.5, 0.6) is 0 Å². The summed E-state index contributed by atoms with van der Waals surface area (Å²) in [6, 6.07) is 10.2. The maximum atomic E-state index is 12.9. The maximum absolute atomic E-state index is 12.9. The quantitative estimate of drug-likeness (QED) is 0.395. The average molecular weight is 505 g/mol. The number of carbonyl (C=O) groups excluding carboxylic acids is 1. The van der Waals surface area contributed by atoms with E-state index in [2.05, 4.69) is 10.5 Å². The van der Waals surface area contributed by atoms with Crippen LogP contribution in [0.15, 0.2) is 51.9 Å².